The van der Waals surface area contributed by atoms with Crippen LogP contribution in [-0.4, -0.2) is 28.7 Å². The van der Waals surface area contributed by atoms with E-state index >= 15 is 0 Å². The third-order valence-corrected chi connectivity index (χ3v) is 5.50. The zero-order chi connectivity index (χ0) is 23.9. The van der Waals surface area contributed by atoms with E-state index in [9.17, 15) is 14.7 Å². The van der Waals surface area contributed by atoms with E-state index in [2.05, 4.69) is 5.32 Å². The number of aromatic hydroxyl groups is 1. The van der Waals surface area contributed by atoms with Crippen LogP contribution in [0.5, 0.6) is 11.5 Å². The molecule has 0 aliphatic carbocycles. The minimum Gasteiger partial charge on any atom is -0.508 e. The zero-order valence-electron chi connectivity index (χ0n) is 19.5. The van der Waals surface area contributed by atoms with Crippen LogP contribution in [-0.2, 0) is 9.59 Å². The van der Waals surface area contributed by atoms with E-state index in [0.717, 1.165) is 28.0 Å². The first-order chi connectivity index (χ1) is 15.0. The van der Waals surface area contributed by atoms with Crippen molar-refractivity contribution >= 4 is 23.1 Å². The number of hydrogen-bond donors (Lipinski definition) is 3. The topological polar surface area (TPSA) is 95.9 Å². The van der Waals surface area contributed by atoms with E-state index in [0.29, 0.717) is 31.6 Å². The predicted octanol–water partition coefficient (Wildman–Crippen LogP) is 5.71. The number of amides is 1. The van der Waals surface area contributed by atoms with Gasteiger partial charge in [0.15, 0.2) is 0 Å². The van der Waals surface area contributed by atoms with Crippen LogP contribution in [0.15, 0.2) is 42.5 Å². The van der Waals surface area contributed by atoms with Crippen molar-refractivity contribution in [2.24, 2.45) is 5.41 Å². The normalized spacial score (nSPS) is 11.8. The maximum absolute atomic E-state index is 12.8. The maximum Gasteiger partial charge on any atom is 0.328 e. The van der Waals surface area contributed by atoms with Gasteiger partial charge in [-0.15, -0.1) is 0 Å². The van der Waals surface area contributed by atoms with Gasteiger partial charge in [0, 0.05) is 17.2 Å². The molecule has 6 heteroatoms. The summed E-state index contributed by atoms with van der Waals surface area (Å²) in [6.07, 6.45) is 3.17. The van der Waals surface area contributed by atoms with Gasteiger partial charge >= 0.3 is 5.97 Å². The molecule has 0 bridgehead atoms. The smallest absolute Gasteiger partial charge is 0.328 e. The molecule has 172 valence electrons. The van der Waals surface area contributed by atoms with E-state index in [-0.39, 0.29) is 11.7 Å². The van der Waals surface area contributed by atoms with Crippen molar-refractivity contribution in [2.75, 3.05) is 11.9 Å². The van der Waals surface area contributed by atoms with Crippen LogP contribution in [0.1, 0.15) is 56.7 Å². The third-order valence-electron chi connectivity index (χ3n) is 5.50. The van der Waals surface area contributed by atoms with Crippen molar-refractivity contribution in [1.29, 1.82) is 0 Å². The lowest BCUT2D eigenvalue weighted by Crippen LogP contribution is -2.31. The third kappa shape index (κ3) is 6.87. The standard InChI is InChI=1S/C26H33NO5/c1-6-19(16-24(29)30)20-8-10-21(11-9-20)27-25(31)26(4,5)12-7-13-32-23-15-17(2)22(28)14-18(23)3/h8-11,14-16,28H,6-7,12-13H2,1-5H3,(H,27,31)(H,29,30). The molecule has 0 aliphatic rings. The summed E-state index contributed by atoms with van der Waals surface area (Å²) in [4.78, 5) is 23.7. The van der Waals surface area contributed by atoms with Gasteiger partial charge in [-0.3, -0.25) is 4.79 Å². The maximum atomic E-state index is 12.8. The van der Waals surface area contributed by atoms with Gasteiger partial charge in [-0.05, 0) is 79.6 Å². The molecule has 0 aliphatic heterocycles. The summed E-state index contributed by atoms with van der Waals surface area (Å²) in [6.45, 7) is 9.90. The highest BCUT2D eigenvalue weighted by Gasteiger charge is 2.27. The lowest BCUT2D eigenvalue weighted by atomic mass is 9.87. The largest absolute Gasteiger partial charge is 0.508 e. The minimum atomic E-state index is -0.972. The lowest BCUT2D eigenvalue weighted by Gasteiger charge is -2.24. The molecule has 0 atom stereocenters. The number of carbonyl (C=O) groups excluding carboxylic acids is 1. The number of phenolic OH excluding ortho intramolecular Hbond substituents is 1. The number of benzene rings is 2. The number of phenols is 1. The van der Waals surface area contributed by atoms with Crippen LogP contribution < -0.4 is 10.1 Å². The molecule has 2 aromatic carbocycles. The van der Waals surface area contributed by atoms with Crippen molar-refractivity contribution in [2.45, 2.75) is 53.9 Å². The molecule has 0 radical (unpaired) electrons. The summed E-state index contributed by atoms with van der Waals surface area (Å²) in [5.41, 5.74) is 3.28. The SMILES string of the molecule is CCC(=CC(=O)O)c1ccc(NC(=O)C(C)(C)CCCOc2cc(C)c(O)cc2C)cc1. The molecule has 0 fully saturated rings. The summed E-state index contributed by atoms with van der Waals surface area (Å²) in [6, 6.07) is 10.7. The van der Waals surface area contributed by atoms with Gasteiger partial charge in [0.05, 0.1) is 6.61 Å². The summed E-state index contributed by atoms with van der Waals surface area (Å²) >= 11 is 0. The molecule has 0 unspecified atom stereocenters. The molecule has 0 spiro atoms. The molecule has 0 saturated heterocycles. The molecule has 3 N–H and O–H groups in total. The van der Waals surface area contributed by atoms with Gasteiger partial charge in [-0.1, -0.05) is 32.9 Å². The number of rotatable bonds is 10. The molecule has 0 aromatic heterocycles. The fraction of sp³-hybridized carbons (Fsp3) is 0.385. The zero-order valence-corrected chi connectivity index (χ0v) is 19.5. The number of hydrogen-bond acceptors (Lipinski definition) is 4. The Labute approximate surface area is 189 Å². The van der Waals surface area contributed by atoms with Crippen LogP contribution in [0.3, 0.4) is 0 Å². The summed E-state index contributed by atoms with van der Waals surface area (Å²) in [7, 11) is 0. The fourth-order valence-electron chi connectivity index (χ4n) is 3.35. The second-order valence-corrected chi connectivity index (χ2v) is 8.63. The molecular formula is C26H33NO5. The first-order valence-electron chi connectivity index (χ1n) is 10.8. The Morgan fingerprint density at radius 3 is 2.34 bits per heavy atom. The lowest BCUT2D eigenvalue weighted by molar-refractivity contribution is -0.131. The van der Waals surface area contributed by atoms with E-state index in [4.69, 9.17) is 9.84 Å². The second-order valence-electron chi connectivity index (χ2n) is 8.63. The molecule has 0 heterocycles. The Morgan fingerprint density at radius 2 is 1.75 bits per heavy atom. The summed E-state index contributed by atoms with van der Waals surface area (Å²) < 4.78 is 5.85. The first-order valence-corrected chi connectivity index (χ1v) is 10.8. The number of carboxylic acids is 1. The molecule has 1 amide bonds. The number of carbonyl (C=O) groups is 2. The molecular weight excluding hydrogens is 406 g/mol. The second kappa shape index (κ2) is 10.8. The molecule has 2 aromatic rings. The number of aryl methyl sites for hydroxylation is 2. The van der Waals surface area contributed by atoms with Crippen LogP contribution >= 0.6 is 0 Å². The number of carboxylic acid groups (broad SMARTS) is 1. The Kier molecular flexibility index (Phi) is 8.47. The highest BCUT2D eigenvalue weighted by Crippen LogP contribution is 2.29. The minimum absolute atomic E-state index is 0.0845. The Hall–Kier alpha value is -3.28. The number of ether oxygens (including phenoxy) is 1. The van der Waals surface area contributed by atoms with Crippen molar-refractivity contribution < 1.29 is 24.5 Å². The molecule has 0 saturated carbocycles. The van der Waals surface area contributed by atoms with Gasteiger partial charge in [-0.2, -0.15) is 0 Å². The predicted molar refractivity (Wildman–Crippen MR) is 127 cm³/mol. The van der Waals surface area contributed by atoms with Crippen LogP contribution in [0.4, 0.5) is 5.69 Å². The van der Waals surface area contributed by atoms with Crippen LogP contribution in [0.25, 0.3) is 5.57 Å². The highest BCUT2D eigenvalue weighted by molar-refractivity contribution is 5.95. The highest BCUT2D eigenvalue weighted by atomic mass is 16.5. The summed E-state index contributed by atoms with van der Waals surface area (Å²) in [5, 5.41) is 21.7. The van der Waals surface area contributed by atoms with Crippen molar-refractivity contribution in [3.63, 3.8) is 0 Å². The monoisotopic (exact) mass is 439 g/mol. The fourth-order valence-corrected chi connectivity index (χ4v) is 3.35. The van der Waals surface area contributed by atoms with E-state index in [1.807, 2.05) is 52.8 Å². The van der Waals surface area contributed by atoms with Gasteiger partial charge in [-0.25, -0.2) is 4.79 Å². The van der Waals surface area contributed by atoms with Crippen molar-refractivity contribution in [1.82, 2.24) is 0 Å². The van der Waals surface area contributed by atoms with Gasteiger partial charge < -0.3 is 20.3 Å². The number of nitrogens with one attached hydrogen (secondary N) is 1. The molecule has 6 nitrogen and oxygen atoms in total. The van der Waals surface area contributed by atoms with Crippen LogP contribution in [0.2, 0.25) is 0 Å². The van der Waals surface area contributed by atoms with Crippen LogP contribution in [0, 0.1) is 19.3 Å². The molecule has 32 heavy (non-hydrogen) atoms. The van der Waals surface area contributed by atoms with E-state index in [1.54, 1.807) is 18.2 Å². The van der Waals surface area contributed by atoms with Crippen molar-refractivity contribution in [3.8, 4) is 11.5 Å². The van der Waals surface area contributed by atoms with Gasteiger partial charge in [0.25, 0.3) is 0 Å². The summed E-state index contributed by atoms with van der Waals surface area (Å²) in [5.74, 6) is -0.0603. The van der Waals surface area contributed by atoms with Gasteiger partial charge in [0.1, 0.15) is 11.5 Å². The number of allylic oxidation sites excluding steroid dienone is 1. The van der Waals surface area contributed by atoms with E-state index < -0.39 is 11.4 Å². The Bertz CT molecular complexity index is 990. The Morgan fingerprint density at radius 1 is 1.09 bits per heavy atom. The first kappa shape index (κ1) is 25.0. The quantitative estimate of drug-likeness (QED) is 0.325. The average Bonchev–Trinajstić information content (AvgIpc) is 2.73. The average molecular weight is 440 g/mol. The molecule has 2 rings (SSSR count). The number of anilines is 1. The van der Waals surface area contributed by atoms with Crippen molar-refractivity contribution in [3.05, 3.63) is 59.2 Å². The van der Waals surface area contributed by atoms with E-state index in [1.165, 1.54) is 6.08 Å². The number of aliphatic carboxylic acids is 1. The van der Waals surface area contributed by atoms with Gasteiger partial charge in [0.2, 0.25) is 5.91 Å². The Balaban J connectivity index is 1.90.